The Bertz CT molecular complexity index is 1250. The van der Waals surface area contributed by atoms with E-state index in [4.69, 9.17) is 9.47 Å². The van der Waals surface area contributed by atoms with Crippen LogP contribution in [0.5, 0.6) is 11.5 Å². The van der Waals surface area contributed by atoms with Crippen LogP contribution in [-0.2, 0) is 11.3 Å². The van der Waals surface area contributed by atoms with Crippen LogP contribution in [0.1, 0.15) is 37.8 Å². The molecule has 0 unspecified atom stereocenters. The van der Waals surface area contributed by atoms with Crippen LogP contribution < -0.4 is 25.2 Å². The van der Waals surface area contributed by atoms with Crippen LogP contribution in [0.2, 0.25) is 0 Å². The summed E-state index contributed by atoms with van der Waals surface area (Å²) in [4.78, 5) is 13.2. The largest absolute Gasteiger partial charge is 0.692 e. The average molecular weight is 476 g/mol. The van der Waals surface area contributed by atoms with Crippen molar-refractivity contribution in [3.05, 3.63) is 81.8 Å². The maximum atomic E-state index is 13.1. The van der Waals surface area contributed by atoms with Crippen molar-refractivity contribution in [2.45, 2.75) is 40.2 Å². The van der Waals surface area contributed by atoms with E-state index >= 15 is 0 Å². The number of hydrogen-bond acceptors (Lipinski definition) is 7. The van der Waals surface area contributed by atoms with E-state index in [1.165, 1.54) is 5.56 Å². The fraction of sp³-hybridized carbons (Fsp3) is 0.308. The highest BCUT2D eigenvalue weighted by Gasteiger charge is 2.37. The van der Waals surface area contributed by atoms with Crippen molar-refractivity contribution < 1.29 is 19.1 Å². The lowest BCUT2D eigenvalue weighted by Crippen LogP contribution is -2.44. The third-order valence-electron chi connectivity index (χ3n) is 6.32. The minimum atomic E-state index is -0.0635. The second-order valence-corrected chi connectivity index (χ2v) is 8.91. The number of aryl methyl sites for hydroxylation is 1. The molecule has 2 aromatic carbocycles. The van der Waals surface area contributed by atoms with E-state index in [0.29, 0.717) is 37.5 Å². The summed E-state index contributed by atoms with van der Waals surface area (Å²) in [6, 6.07) is 13.8. The van der Waals surface area contributed by atoms with Crippen molar-refractivity contribution in [2.75, 3.05) is 18.3 Å². The van der Waals surface area contributed by atoms with Gasteiger partial charge in [0.1, 0.15) is 0 Å². The molecule has 0 radical (unpaired) electrons. The number of hydrazine groups is 2. The zero-order valence-corrected chi connectivity index (χ0v) is 20.1. The molecule has 2 N–H and O–H groups in total. The van der Waals surface area contributed by atoms with Crippen molar-refractivity contribution in [1.82, 2.24) is 15.8 Å². The lowest BCUT2D eigenvalue weighted by atomic mass is 10.1. The third-order valence-corrected chi connectivity index (χ3v) is 6.32. The maximum absolute atomic E-state index is 13.1. The molecule has 0 bridgehead atoms. The molecule has 9 heteroatoms. The van der Waals surface area contributed by atoms with Crippen LogP contribution in [-0.4, -0.2) is 34.9 Å². The van der Waals surface area contributed by atoms with Crippen LogP contribution >= 0.6 is 0 Å². The summed E-state index contributed by atoms with van der Waals surface area (Å²) in [6.07, 6.45) is 2.71. The molecule has 0 fully saturated rings. The van der Waals surface area contributed by atoms with E-state index in [-0.39, 0.29) is 12.7 Å². The minimum absolute atomic E-state index is 0.0635. The quantitative estimate of drug-likeness (QED) is 0.468. The molecule has 3 heterocycles. The van der Waals surface area contributed by atoms with Crippen LogP contribution in [0.25, 0.3) is 0 Å². The van der Waals surface area contributed by atoms with Gasteiger partial charge in [0.15, 0.2) is 11.5 Å². The summed E-state index contributed by atoms with van der Waals surface area (Å²) in [5.41, 5.74) is 9.21. The molecule has 0 spiro atoms. The Balaban J connectivity index is 1.17. The molecule has 0 atom stereocenters. The fourth-order valence-electron chi connectivity index (χ4n) is 4.46. The molecule has 3 aliphatic heterocycles. The number of fused-ring (bicyclic) bond motifs is 2. The highest BCUT2D eigenvalue weighted by atomic mass is 16.7. The van der Waals surface area contributed by atoms with Crippen molar-refractivity contribution in [3.63, 3.8) is 0 Å². The van der Waals surface area contributed by atoms with Crippen LogP contribution in [0.4, 0.5) is 5.69 Å². The van der Waals surface area contributed by atoms with E-state index in [0.717, 1.165) is 38.7 Å². The second-order valence-electron chi connectivity index (χ2n) is 8.91. The second kappa shape index (κ2) is 9.25. The number of benzene rings is 2. The third kappa shape index (κ3) is 4.49. The number of ether oxygens (including phenoxy) is 2. The van der Waals surface area contributed by atoms with E-state index in [2.05, 4.69) is 10.7 Å². The summed E-state index contributed by atoms with van der Waals surface area (Å²) in [6.45, 7) is 7.11. The van der Waals surface area contributed by atoms with Gasteiger partial charge in [-0.25, -0.2) is 5.01 Å². The normalized spacial score (nSPS) is 16.4. The van der Waals surface area contributed by atoms with Crippen LogP contribution in [0.3, 0.4) is 0 Å². The number of nitrogens with one attached hydrogen (secondary N) is 2. The zero-order valence-electron chi connectivity index (χ0n) is 20.1. The number of amides is 1. The molecule has 0 saturated carbocycles. The summed E-state index contributed by atoms with van der Waals surface area (Å²) < 4.78 is 10.7. The smallest absolute Gasteiger partial charge is 0.330 e. The van der Waals surface area contributed by atoms with Gasteiger partial charge in [-0.05, 0) is 62.6 Å². The predicted octanol–water partition coefficient (Wildman–Crippen LogP) is 3.46. The number of anilines is 1. The zero-order chi connectivity index (χ0) is 24.5. The average Bonchev–Trinajstić information content (AvgIpc) is 3.46. The molecule has 2 aromatic rings. The molecule has 0 aliphatic carbocycles. The summed E-state index contributed by atoms with van der Waals surface area (Å²) in [5, 5.41) is 19.6. The first kappa shape index (κ1) is 22.6. The highest BCUT2D eigenvalue weighted by molar-refractivity contribution is 6.04. The molecule has 0 saturated heterocycles. The number of nitrogens with zero attached hydrogens (tertiary/aromatic N) is 3. The summed E-state index contributed by atoms with van der Waals surface area (Å²) in [7, 11) is 0. The Hall–Kier alpha value is -4.14. The molecule has 5 rings (SSSR count). The van der Waals surface area contributed by atoms with Gasteiger partial charge in [-0.3, -0.25) is 4.79 Å². The number of rotatable bonds is 7. The Morgan fingerprint density at radius 1 is 1.11 bits per heavy atom. The topological polar surface area (TPSA) is 92.1 Å². The van der Waals surface area contributed by atoms with Crippen molar-refractivity contribution in [2.24, 2.45) is 0 Å². The standard InChI is InChI=1S/C26H29N5O4/c1-17-6-9-21(10-7-17)30-19(3)25-18(2)15-29(31(33)26(25)28-30)12-4-5-24(32)27-14-20-8-11-22-23(13-20)35-16-34-22/h6-11,13,15,28H,4-5,12,14,16H2,1-3H3,(H,27,32). The molecule has 1 amide bonds. The summed E-state index contributed by atoms with van der Waals surface area (Å²) >= 11 is 0. The maximum Gasteiger partial charge on any atom is 0.330 e. The van der Waals surface area contributed by atoms with Gasteiger partial charge < -0.3 is 20.0 Å². The molecular weight excluding hydrogens is 446 g/mol. The Morgan fingerprint density at radius 3 is 2.69 bits per heavy atom. The first-order chi connectivity index (χ1) is 16.9. The van der Waals surface area contributed by atoms with E-state index in [9.17, 15) is 10.0 Å². The number of hydrogen-bond donors (Lipinski definition) is 2. The molecule has 0 aromatic heterocycles. The first-order valence-electron chi connectivity index (χ1n) is 11.7. The summed E-state index contributed by atoms with van der Waals surface area (Å²) in [5.74, 6) is 1.85. The Labute approximate surface area is 204 Å². The van der Waals surface area contributed by atoms with Gasteiger partial charge in [-0.1, -0.05) is 23.8 Å². The SMILES string of the molecule is CC1=CN(CCCC(=O)NCc2ccc3c(c2)OCO3)[N+]([O-])=C2NN(c3ccc(C)cc3)C(C)=C12. The van der Waals surface area contributed by atoms with Crippen molar-refractivity contribution >= 4 is 17.4 Å². The van der Waals surface area contributed by atoms with Gasteiger partial charge in [0, 0.05) is 19.2 Å². The fourth-order valence-corrected chi connectivity index (χ4v) is 4.46. The number of allylic oxidation sites excluding steroid dienone is 1. The number of carbonyl (C=O) groups is 1. The van der Waals surface area contributed by atoms with Crippen LogP contribution in [0.15, 0.2) is 65.5 Å². The number of hydrazone groups is 1. The minimum Gasteiger partial charge on any atom is -0.692 e. The van der Waals surface area contributed by atoms with Crippen molar-refractivity contribution in [1.29, 1.82) is 0 Å². The van der Waals surface area contributed by atoms with E-state index in [1.807, 2.05) is 74.4 Å². The molecule has 182 valence electrons. The highest BCUT2D eigenvalue weighted by Crippen LogP contribution is 2.33. The molecule has 35 heavy (non-hydrogen) atoms. The predicted molar refractivity (Wildman–Crippen MR) is 132 cm³/mol. The Morgan fingerprint density at radius 2 is 1.89 bits per heavy atom. The number of carbonyl (C=O) groups excluding carboxylic acids is 1. The van der Waals surface area contributed by atoms with Gasteiger partial charge in [0.25, 0.3) is 0 Å². The van der Waals surface area contributed by atoms with Gasteiger partial charge in [0.2, 0.25) is 12.7 Å². The molecular formula is C26H29N5O4. The van der Waals surface area contributed by atoms with Gasteiger partial charge in [-0.2, -0.15) is 15.3 Å². The number of amidine groups is 1. The monoisotopic (exact) mass is 475 g/mol. The van der Waals surface area contributed by atoms with Gasteiger partial charge in [0.05, 0.1) is 23.5 Å². The Kier molecular flexibility index (Phi) is 5.98. The van der Waals surface area contributed by atoms with E-state index in [1.54, 1.807) is 5.01 Å². The first-order valence-corrected chi connectivity index (χ1v) is 11.7. The van der Waals surface area contributed by atoms with Crippen LogP contribution in [0, 0.1) is 12.1 Å². The lowest BCUT2D eigenvalue weighted by molar-refractivity contribution is -0.623. The van der Waals surface area contributed by atoms with Gasteiger partial charge >= 0.3 is 5.84 Å². The van der Waals surface area contributed by atoms with E-state index < -0.39 is 0 Å². The van der Waals surface area contributed by atoms with Crippen molar-refractivity contribution in [3.8, 4) is 11.5 Å². The molecule has 9 nitrogen and oxygen atoms in total. The molecule has 3 aliphatic rings. The lowest BCUT2D eigenvalue weighted by Gasteiger charge is -2.29. The van der Waals surface area contributed by atoms with Gasteiger partial charge in [-0.15, -0.1) is 0 Å².